The van der Waals surface area contributed by atoms with Gasteiger partial charge < -0.3 is 0 Å². The van der Waals surface area contributed by atoms with Crippen molar-refractivity contribution in [2.75, 3.05) is 5.75 Å². The van der Waals surface area contributed by atoms with Gasteiger partial charge in [-0.3, -0.25) is 14.9 Å². The normalized spacial score (nSPS) is 8.89. The first-order valence-corrected chi connectivity index (χ1v) is 5.70. The van der Waals surface area contributed by atoms with Crippen LogP contribution in [0.15, 0.2) is 12.3 Å². The molecule has 6 nitrogen and oxygen atoms in total. The summed E-state index contributed by atoms with van der Waals surface area (Å²) in [6, 6.07) is 2.83. The van der Waals surface area contributed by atoms with Crippen molar-refractivity contribution in [3.63, 3.8) is 0 Å². The molecular weight excluding hydrogens is 254 g/mol. The number of thioether (sulfide) groups is 1. The van der Waals surface area contributed by atoms with Gasteiger partial charge in [0.15, 0.2) is 5.12 Å². The molecule has 0 aromatic carbocycles. The van der Waals surface area contributed by atoms with Crippen molar-refractivity contribution in [3.05, 3.63) is 33.6 Å². The van der Waals surface area contributed by atoms with Crippen molar-refractivity contribution < 1.29 is 9.72 Å². The molecule has 0 aliphatic rings. The van der Waals surface area contributed by atoms with Gasteiger partial charge in [-0.2, -0.15) is 5.26 Å². The second-order valence-corrected chi connectivity index (χ2v) is 4.19. The summed E-state index contributed by atoms with van der Waals surface area (Å²) in [6.45, 7) is 1.43. The van der Waals surface area contributed by atoms with E-state index in [0.717, 1.165) is 11.8 Å². The second-order valence-electron chi connectivity index (χ2n) is 3.04. The van der Waals surface area contributed by atoms with Gasteiger partial charge in [-0.05, 0) is 0 Å². The predicted molar refractivity (Wildman–Crippen MR) is 65.6 cm³/mol. The molecule has 0 radical (unpaired) electrons. The van der Waals surface area contributed by atoms with E-state index < -0.39 is 4.92 Å². The lowest BCUT2D eigenvalue weighted by atomic mass is 10.2. The number of aromatic nitrogens is 1. The molecule has 0 saturated heterocycles. The van der Waals surface area contributed by atoms with Crippen molar-refractivity contribution in [3.8, 4) is 17.9 Å². The SMILES string of the molecule is CC(=O)SCC#Cc1cnc(C#N)c([N+](=O)[O-])c1. The van der Waals surface area contributed by atoms with Gasteiger partial charge in [0.2, 0.25) is 5.69 Å². The van der Waals surface area contributed by atoms with Gasteiger partial charge in [-0.25, -0.2) is 4.98 Å². The fourth-order valence-corrected chi connectivity index (χ4v) is 1.37. The van der Waals surface area contributed by atoms with Gasteiger partial charge in [-0.15, -0.1) is 0 Å². The number of hydrogen-bond acceptors (Lipinski definition) is 6. The van der Waals surface area contributed by atoms with Crippen molar-refractivity contribution in [2.45, 2.75) is 6.92 Å². The highest BCUT2D eigenvalue weighted by atomic mass is 32.2. The molecule has 1 rings (SSSR count). The molecule has 0 fully saturated rings. The summed E-state index contributed by atoms with van der Waals surface area (Å²) in [6.07, 6.45) is 1.29. The van der Waals surface area contributed by atoms with Gasteiger partial charge in [0, 0.05) is 24.8 Å². The summed E-state index contributed by atoms with van der Waals surface area (Å²) in [5.74, 6) is 5.64. The Morgan fingerprint density at radius 3 is 2.94 bits per heavy atom. The third kappa shape index (κ3) is 3.89. The number of nitrogens with zero attached hydrogens (tertiary/aromatic N) is 3. The van der Waals surface area contributed by atoms with E-state index in [9.17, 15) is 14.9 Å². The van der Waals surface area contributed by atoms with Crippen molar-refractivity contribution >= 4 is 22.6 Å². The minimum Gasteiger partial charge on any atom is -0.288 e. The van der Waals surface area contributed by atoms with Gasteiger partial charge in [0.25, 0.3) is 0 Å². The highest BCUT2D eigenvalue weighted by Crippen LogP contribution is 2.16. The number of nitriles is 1. The molecule has 0 spiro atoms. The number of rotatable bonds is 2. The minimum atomic E-state index is -0.680. The van der Waals surface area contributed by atoms with Crippen molar-refractivity contribution in [1.29, 1.82) is 5.26 Å². The predicted octanol–water partition coefficient (Wildman–Crippen LogP) is 1.49. The van der Waals surface area contributed by atoms with E-state index in [1.807, 2.05) is 0 Å². The second kappa shape index (κ2) is 6.38. The lowest BCUT2D eigenvalue weighted by Gasteiger charge is -1.94. The van der Waals surface area contributed by atoms with Gasteiger partial charge in [0.1, 0.15) is 6.07 Å². The lowest BCUT2D eigenvalue weighted by Crippen LogP contribution is -1.96. The van der Waals surface area contributed by atoms with Crippen LogP contribution < -0.4 is 0 Å². The topological polar surface area (TPSA) is 96.9 Å². The zero-order chi connectivity index (χ0) is 13.5. The summed E-state index contributed by atoms with van der Waals surface area (Å²) in [7, 11) is 0. The summed E-state index contributed by atoms with van der Waals surface area (Å²) in [5, 5.41) is 19.3. The summed E-state index contributed by atoms with van der Waals surface area (Å²) in [5.41, 5.74) is -0.281. The van der Waals surface area contributed by atoms with Crippen LogP contribution in [0.25, 0.3) is 0 Å². The Labute approximate surface area is 107 Å². The van der Waals surface area contributed by atoms with Crippen LogP contribution >= 0.6 is 11.8 Å². The van der Waals surface area contributed by atoms with Crippen LogP contribution in [-0.4, -0.2) is 20.8 Å². The molecule has 18 heavy (non-hydrogen) atoms. The van der Waals surface area contributed by atoms with Crippen LogP contribution in [-0.2, 0) is 4.79 Å². The van der Waals surface area contributed by atoms with Crippen LogP contribution in [0.4, 0.5) is 5.69 Å². The molecule has 0 saturated carbocycles. The first-order chi connectivity index (χ1) is 8.54. The fraction of sp³-hybridized carbons (Fsp3) is 0.182. The average Bonchev–Trinajstić information content (AvgIpc) is 2.34. The van der Waals surface area contributed by atoms with E-state index in [1.165, 1.54) is 19.2 Å². The maximum atomic E-state index is 10.7. The third-order valence-electron chi connectivity index (χ3n) is 1.75. The number of carbonyl (C=O) groups is 1. The Balaban J connectivity index is 2.92. The first kappa shape index (κ1) is 13.7. The summed E-state index contributed by atoms with van der Waals surface area (Å²) < 4.78 is 0. The summed E-state index contributed by atoms with van der Waals surface area (Å²) >= 11 is 1.05. The first-order valence-electron chi connectivity index (χ1n) is 4.71. The van der Waals surface area contributed by atoms with Crippen LogP contribution in [0.1, 0.15) is 18.2 Å². The average molecular weight is 261 g/mol. The summed E-state index contributed by atoms with van der Waals surface area (Å²) in [4.78, 5) is 24.3. The molecule has 0 N–H and O–H groups in total. The quantitative estimate of drug-likeness (QED) is 0.454. The molecule has 0 bridgehead atoms. The standard InChI is InChI=1S/C11H7N3O3S/c1-8(15)18-4-2-3-9-5-11(14(16)17)10(6-12)13-7-9/h5,7H,4H2,1H3. The monoisotopic (exact) mass is 261 g/mol. The smallest absolute Gasteiger partial charge is 0.288 e. The molecule has 90 valence electrons. The van der Waals surface area contributed by atoms with Crippen molar-refractivity contribution in [2.24, 2.45) is 0 Å². The Bertz CT molecular complexity index is 596. The maximum absolute atomic E-state index is 10.7. The van der Waals surface area contributed by atoms with E-state index in [1.54, 1.807) is 6.07 Å². The molecule has 1 heterocycles. The Morgan fingerprint density at radius 1 is 1.67 bits per heavy atom. The van der Waals surface area contributed by atoms with E-state index in [4.69, 9.17) is 5.26 Å². The number of nitro groups is 1. The molecule has 1 aromatic rings. The number of carbonyl (C=O) groups excluding carboxylic acids is 1. The van der Waals surface area contributed by atoms with Crippen molar-refractivity contribution in [1.82, 2.24) is 4.98 Å². The largest absolute Gasteiger partial charge is 0.306 e. The van der Waals surface area contributed by atoms with Crippen LogP contribution in [0.2, 0.25) is 0 Å². The van der Waals surface area contributed by atoms with Crippen LogP contribution in [0, 0.1) is 33.3 Å². The molecule has 1 aromatic heterocycles. The molecule has 7 heteroatoms. The van der Waals surface area contributed by atoms with Gasteiger partial charge in [-0.1, -0.05) is 23.6 Å². The Kier molecular flexibility index (Phi) is 4.85. The molecule has 0 atom stereocenters. The fourth-order valence-electron chi connectivity index (χ4n) is 1.02. The molecule has 0 amide bonds. The zero-order valence-electron chi connectivity index (χ0n) is 9.34. The maximum Gasteiger partial charge on any atom is 0.306 e. The van der Waals surface area contributed by atoms with E-state index >= 15 is 0 Å². The lowest BCUT2D eigenvalue weighted by molar-refractivity contribution is -0.385. The van der Waals surface area contributed by atoms with Crippen LogP contribution in [0.3, 0.4) is 0 Å². The van der Waals surface area contributed by atoms with E-state index in [-0.39, 0.29) is 16.5 Å². The number of pyridine rings is 1. The molecule has 0 unspecified atom stereocenters. The molecular formula is C11H7N3O3S. The number of hydrogen-bond donors (Lipinski definition) is 0. The molecule has 0 aliphatic carbocycles. The third-order valence-corrected chi connectivity index (χ3v) is 2.45. The Hall–Kier alpha value is -2.38. The Morgan fingerprint density at radius 2 is 2.39 bits per heavy atom. The van der Waals surface area contributed by atoms with E-state index in [2.05, 4.69) is 16.8 Å². The van der Waals surface area contributed by atoms with Crippen LogP contribution in [0.5, 0.6) is 0 Å². The van der Waals surface area contributed by atoms with Gasteiger partial charge in [0.05, 0.1) is 10.7 Å². The highest BCUT2D eigenvalue weighted by molar-refractivity contribution is 8.13. The zero-order valence-corrected chi connectivity index (χ0v) is 10.2. The minimum absolute atomic E-state index is 0.0479. The molecule has 0 aliphatic heterocycles. The van der Waals surface area contributed by atoms with E-state index in [0.29, 0.717) is 11.3 Å². The highest BCUT2D eigenvalue weighted by Gasteiger charge is 2.15. The van der Waals surface area contributed by atoms with Gasteiger partial charge >= 0.3 is 5.69 Å².